The van der Waals surface area contributed by atoms with Crippen LogP contribution in [-0.2, 0) is 0 Å². The molecule has 0 saturated heterocycles. The van der Waals surface area contributed by atoms with Crippen LogP contribution >= 0.6 is 11.8 Å². The summed E-state index contributed by atoms with van der Waals surface area (Å²) in [4.78, 5) is 3.70. The molecule has 18 heavy (non-hydrogen) atoms. The normalized spacial score (nSPS) is 14.3. The second-order valence-electron chi connectivity index (χ2n) is 4.67. The maximum absolute atomic E-state index is 4.18. The molecule has 0 atom stereocenters. The molecule has 0 saturated carbocycles. The number of rotatable bonds is 3. The summed E-state index contributed by atoms with van der Waals surface area (Å²) in [6.07, 6.45) is 2.43. The third-order valence-electron chi connectivity index (χ3n) is 3.38. The standard InChI is InChI=1S/C16H17NS/c1-3-4-9-17-12(2)18-16-11-14-8-6-5-7-13(14)10-15(16)17/h5-8,10-11H,2-4,9H2,1H3. The minimum absolute atomic E-state index is 1.08. The van der Waals surface area contributed by atoms with Crippen LogP contribution < -0.4 is 4.90 Å². The zero-order valence-electron chi connectivity index (χ0n) is 10.6. The van der Waals surface area contributed by atoms with Crippen molar-refractivity contribution >= 4 is 28.2 Å². The maximum Gasteiger partial charge on any atom is 0.0728 e. The van der Waals surface area contributed by atoms with Crippen molar-refractivity contribution in [3.63, 3.8) is 0 Å². The SMILES string of the molecule is C=C1Sc2cc3ccccc3cc2N1CCCC. The summed E-state index contributed by atoms with van der Waals surface area (Å²) in [7, 11) is 0. The Morgan fingerprint density at radius 1 is 1.17 bits per heavy atom. The summed E-state index contributed by atoms with van der Waals surface area (Å²) in [6.45, 7) is 7.49. The molecule has 0 fully saturated rings. The minimum atomic E-state index is 1.08. The third-order valence-corrected chi connectivity index (χ3v) is 4.39. The highest BCUT2D eigenvalue weighted by Crippen LogP contribution is 2.46. The van der Waals surface area contributed by atoms with Crippen molar-refractivity contribution < 1.29 is 0 Å². The van der Waals surface area contributed by atoms with Gasteiger partial charge in [-0.15, -0.1) is 0 Å². The van der Waals surface area contributed by atoms with Gasteiger partial charge in [0.05, 0.1) is 10.7 Å². The van der Waals surface area contributed by atoms with Crippen LogP contribution in [-0.4, -0.2) is 6.54 Å². The van der Waals surface area contributed by atoms with Gasteiger partial charge < -0.3 is 4.90 Å². The molecule has 0 bridgehead atoms. The molecule has 2 aromatic rings. The topological polar surface area (TPSA) is 3.24 Å². The highest BCUT2D eigenvalue weighted by Gasteiger charge is 2.23. The summed E-state index contributed by atoms with van der Waals surface area (Å²) >= 11 is 1.80. The van der Waals surface area contributed by atoms with Crippen molar-refractivity contribution in [2.24, 2.45) is 0 Å². The predicted octanol–water partition coefficient (Wildman–Crippen LogP) is 5.02. The van der Waals surface area contributed by atoms with E-state index in [1.165, 1.54) is 34.2 Å². The number of hydrogen-bond donors (Lipinski definition) is 0. The van der Waals surface area contributed by atoms with E-state index in [9.17, 15) is 0 Å². The Bertz CT molecular complexity index is 603. The molecule has 0 unspecified atom stereocenters. The van der Waals surface area contributed by atoms with E-state index < -0.39 is 0 Å². The van der Waals surface area contributed by atoms with Gasteiger partial charge in [0.15, 0.2) is 0 Å². The number of unbranched alkanes of at least 4 members (excludes halogenated alkanes) is 1. The van der Waals surface area contributed by atoms with Gasteiger partial charge in [-0.05, 0) is 29.3 Å². The van der Waals surface area contributed by atoms with Gasteiger partial charge in [0.1, 0.15) is 0 Å². The van der Waals surface area contributed by atoms with Crippen molar-refractivity contribution in [2.75, 3.05) is 11.4 Å². The lowest BCUT2D eigenvalue weighted by atomic mass is 10.1. The average Bonchev–Trinajstić information content (AvgIpc) is 2.68. The molecule has 92 valence electrons. The first-order valence-electron chi connectivity index (χ1n) is 6.46. The largest absolute Gasteiger partial charge is 0.335 e. The van der Waals surface area contributed by atoms with Crippen molar-refractivity contribution in [1.82, 2.24) is 0 Å². The Morgan fingerprint density at radius 3 is 2.61 bits per heavy atom. The molecule has 0 aromatic heterocycles. The Balaban J connectivity index is 2.06. The van der Waals surface area contributed by atoms with Crippen LogP contribution in [0.4, 0.5) is 5.69 Å². The smallest absolute Gasteiger partial charge is 0.0728 e. The highest BCUT2D eigenvalue weighted by atomic mass is 32.2. The van der Waals surface area contributed by atoms with E-state index in [-0.39, 0.29) is 0 Å². The average molecular weight is 255 g/mol. The van der Waals surface area contributed by atoms with Crippen molar-refractivity contribution in [3.05, 3.63) is 48.0 Å². The molecule has 1 nitrogen and oxygen atoms in total. The second-order valence-corrected chi connectivity index (χ2v) is 5.78. The first kappa shape index (κ1) is 11.7. The fourth-order valence-electron chi connectivity index (χ4n) is 2.38. The van der Waals surface area contributed by atoms with E-state index in [0.717, 1.165) is 11.6 Å². The molecule has 1 aliphatic rings. The van der Waals surface area contributed by atoms with Crippen LogP contribution in [0.2, 0.25) is 0 Å². The van der Waals surface area contributed by atoms with Gasteiger partial charge >= 0.3 is 0 Å². The van der Waals surface area contributed by atoms with E-state index in [1.807, 2.05) is 0 Å². The van der Waals surface area contributed by atoms with E-state index >= 15 is 0 Å². The van der Waals surface area contributed by atoms with Gasteiger partial charge in [-0.3, -0.25) is 0 Å². The zero-order chi connectivity index (χ0) is 12.5. The molecule has 2 aromatic carbocycles. The van der Waals surface area contributed by atoms with E-state index in [0.29, 0.717) is 0 Å². The van der Waals surface area contributed by atoms with Crippen LogP contribution in [0.25, 0.3) is 10.8 Å². The highest BCUT2D eigenvalue weighted by molar-refractivity contribution is 8.03. The zero-order valence-corrected chi connectivity index (χ0v) is 11.5. The summed E-state index contributed by atoms with van der Waals surface area (Å²) in [5, 5.41) is 3.79. The Hall–Kier alpha value is -1.41. The predicted molar refractivity (Wildman–Crippen MR) is 81.2 cm³/mol. The lowest BCUT2D eigenvalue weighted by Gasteiger charge is -2.19. The Kier molecular flexibility index (Phi) is 3.04. The van der Waals surface area contributed by atoms with Crippen LogP contribution in [0.3, 0.4) is 0 Å². The molecule has 0 aliphatic carbocycles. The van der Waals surface area contributed by atoms with Gasteiger partial charge in [-0.25, -0.2) is 0 Å². The maximum atomic E-state index is 4.18. The first-order chi connectivity index (χ1) is 8.79. The molecular weight excluding hydrogens is 238 g/mol. The number of anilines is 1. The summed E-state index contributed by atoms with van der Waals surface area (Å²) in [6, 6.07) is 13.1. The summed E-state index contributed by atoms with van der Waals surface area (Å²) < 4.78 is 0. The molecule has 0 radical (unpaired) electrons. The van der Waals surface area contributed by atoms with Gasteiger partial charge in [0, 0.05) is 11.4 Å². The molecule has 0 spiro atoms. The fourth-order valence-corrected chi connectivity index (χ4v) is 3.39. The molecule has 2 heteroatoms. The number of benzene rings is 2. The van der Waals surface area contributed by atoms with E-state index in [1.54, 1.807) is 11.8 Å². The molecule has 3 rings (SSSR count). The molecular formula is C16H17NS. The van der Waals surface area contributed by atoms with Crippen LogP contribution in [0, 0.1) is 0 Å². The van der Waals surface area contributed by atoms with Crippen LogP contribution in [0.15, 0.2) is 52.9 Å². The second kappa shape index (κ2) is 4.69. The molecule has 0 amide bonds. The number of fused-ring (bicyclic) bond motifs is 2. The monoisotopic (exact) mass is 255 g/mol. The number of thioether (sulfide) groups is 1. The quantitative estimate of drug-likeness (QED) is 0.757. The Labute approximate surface area is 112 Å². The molecule has 1 heterocycles. The summed E-state index contributed by atoms with van der Waals surface area (Å²) in [5.41, 5.74) is 1.33. The number of nitrogens with zero attached hydrogens (tertiary/aromatic N) is 1. The molecule has 0 N–H and O–H groups in total. The van der Waals surface area contributed by atoms with Gasteiger partial charge in [-0.1, -0.05) is 56.0 Å². The first-order valence-corrected chi connectivity index (χ1v) is 7.28. The van der Waals surface area contributed by atoms with Crippen molar-refractivity contribution in [1.29, 1.82) is 0 Å². The third kappa shape index (κ3) is 1.91. The molecule has 1 aliphatic heterocycles. The summed E-state index contributed by atoms with van der Waals surface area (Å²) in [5.74, 6) is 0. The van der Waals surface area contributed by atoms with Crippen LogP contribution in [0.5, 0.6) is 0 Å². The van der Waals surface area contributed by atoms with Crippen molar-refractivity contribution in [2.45, 2.75) is 24.7 Å². The van der Waals surface area contributed by atoms with Crippen LogP contribution in [0.1, 0.15) is 19.8 Å². The van der Waals surface area contributed by atoms with Gasteiger partial charge in [0.25, 0.3) is 0 Å². The van der Waals surface area contributed by atoms with E-state index in [2.05, 4.69) is 54.8 Å². The van der Waals surface area contributed by atoms with Crippen molar-refractivity contribution in [3.8, 4) is 0 Å². The number of hydrogen-bond acceptors (Lipinski definition) is 2. The minimum Gasteiger partial charge on any atom is -0.335 e. The fraction of sp³-hybridized carbons (Fsp3) is 0.250. The van der Waals surface area contributed by atoms with E-state index in [4.69, 9.17) is 0 Å². The Morgan fingerprint density at radius 2 is 1.89 bits per heavy atom. The van der Waals surface area contributed by atoms with Gasteiger partial charge in [-0.2, -0.15) is 0 Å². The lowest BCUT2D eigenvalue weighted by molar-refractivity contribution is 0.780. The van der Waals surface area contributed by atoms with Gasteiger partial charge in [0.2, 0.25) is 0 Å². The lowest BCUT2D eigenvalue weighted by Crippen LogP contribution is -2.18.